The first-order chi connectivity index (χ1) is 14.5. The largest absolute Gasteiger partial charge is 0.303 e. The first-order valence-electron chi connectivity index (χ1n) is 9.95. The molecule has 0 radical (unpaired) electrons. The second kappa shape index (κ2) is 7.51. The van der Waals surface area contributed by atoms with Crippen LogP contribution in [0.3, 0.4) is 0 Å². The average molecular weight is 422 g/mol. The second-order valence-electron chi connectivity index (χ2n) is 7.88. The molecule has 2 N–H and O–H groups in total. The van der Waals surface area contributed by atoms with E-state index < -0.39 is 12.1 Å². The van der Waals surface area contributed by atoms with Crippen LogP contribution in [-0.2, 0) is 4.79 Å². The zero-order chi connectivity index (χ0) is 20.8. The van der Waals surface area contributed by atoms with Gasteiger partial charge in [-0.25, -0.2) is 15.2 Å². The standard InChI is InChI=1S/C24H21ClFN3O/c1-14-6-8-15(9-7-14)21-20-22(28-27-21)24(30)29(17-12-10-16(25)11-13-17)23(20)18-4-2-3-5-19(18)26/h2-13,20-23,27-28H,1H3. The van der Waals surface area contributed by atoms with E-state index in [0.717, 1.165) is 11.1 Å². The molecule has 4 unspecified atom stereocenters. The SMILES string of the molecule is Cc1ccc(C2NNC3C(=O)N(c4ccc(Cl)cc4)C(c4ccccc4F)C32)cc1. The molecule has 4 atom stereocenters. The summed E-state index contributed by atoms with van der Waals surface area (Å²) in [5.41, 5.74) is 9.90. The first-order valence-corrected chi connectivity index (χ1v) is 10.3. The highest BCUT2D eigenvalue weighted by molar-refractivity contribution is 6.30. The van der Waals surface area contributed by atoms with Crippen molar-refractivity contribution in [2.24, 2.45) is 5.92 Å². The van der Waals surface area contributed by atoms with E-state index in [1.165, 1.54) is 6.07 Å². The second-order valence-corrected chi connectivity index (χ2v) is 8.32. The maximum Gasteiger partial charge on any atom is 0.246 e. The zero-order valence-electron chi connectivity index (χ0n) is 16.3. The highest BCUT2D eigenvalue weighted by Crippen LogP contribution is 2.49. The van der Waals surface area contributed by atoms with Gasteiger partial charge in [-0.15, -0.1) is 0 Å². The third kappa shape index (κ3) is 3.10. The number of anilines is 1. The number of halogens is 2. The lowest BCUT2D eigenvalue weighted by molar-refractivity contribution is -0.119. The Bertz CT molecular complexity index is 1090. The van der Waals surface area contributed by atoms with Gasteiger partial charge in [0.25, 0.3) is 0 Å². The van der Waals surface area contributed by atoms with Crippen LogP contribution in [-0.4, -0.2) is 11.9 Å². The summed E-state index contributed by atoms with van der Waals surface area (Å²) in [6.45, 7) is 2.04. The quantitative estimate of drug-likeness (QED) is 0.643. The third-order valence-electron chi connectivity index (χ3n) is 6.08. The summed E-state index contributed by atoms with van der Waals surface area (Å²) in [4.78, 5) is 15.2. The van der Waals surface area contributed by atoms with Gasteiger partial charge in [-0.2, -0.15) is 0 Å². The molecule has 6 heteroatoms. The van der Waals surface area contributed by atoms with Gasteiger partial charge in [-0.1, -0.05) is 59.6 Å². The van der Waals surface area contributed by atoms with Gasteiger partial charge in [0.05, 0.1) is 12.1 Å². The summed E-state index contributed by atoms with van der Waals surface area (Å²) in [6.07, 6.45) is 0. The van der Waals surface area contributed by atoms with E-state index in [9.17, 15) is 9.18 Å². The van der Waals surface area contributed by atoms with Gasteiger partial charge in [0.1, 0.15) is 11.9 Å². The number of aryl methyl sites for hydroxylation is 1. The predicted octanol–water partition coefficient (Wildman–Crippen LogP) is 4.71. The van der Waals surface area contributed by atoms with E-state index in [0.29, 0.717) is 16.3 Å². The van der Waals surface area contributed by atoms with Crippen LogP contribution in [0, 0.1) is 18.7 Å². The van der Waals surface area contributed by atoms with E-state index in [2.05, 4.69) is 35.1 Å². The Morgan fingerprint density at radius 2 is 1.57 bits per heavy atom. The summed E-state index contributed by atoms with van der Waals surface area (Å²) in [6, 6.07) is 21.0. The van der Waals surface area contributed by atoms with Crippen molar-refractivity contribution in [1.29, 1.82) is 0 Å². The topological polar surface area (TPSA) is 44.4 Å². The van der Waals surface area contributed by atoms with Crippen LogP contribution in [0.5, 0.6) is 0 Å². The predicted molar refractivity (Wildman–Crippen MR) is 116 cm³/mol. The smallest absolute Gasteiger partial charge is 0.246 e. The molecule has 0 bridgehead atoms. The lowest BCUT2D eigenvalue weighted by Gasteiger charge is -2.31. The molecule has 0 spiro atoms. The van der Waals surface area contributed by atoms with Crippen LogP contribution in [0.25, 0.3) is 0 Å². The van der Waals surface area contributed by atoms with Crippen molar-refractivity contribution in [3.63, 3.8) is 0 Å². The summed E-state index contributed by atoms with van der Waals surface area (Å²) < 4.78 is 15.0. The Kier molecular flexibility index (Phi) is 4.82. The molecule has 2 heterocycles. The molecule has 0 aromatic heterocycles. The normalized spacial score (nSPS) is 25.6. The van der Waals surface area contributed by atoms with E-state index in [-0.39, 0.29) is 23.7 Å². The summed E-state index contributed by atoms with van der Waals surface area (Å²) in [5, 5.41) is 0.588. The number of carbonyl (C=O) groups is 1. The number of fused-ring (bicyclic) bond motifs is 1. The summed E-state index contributed by atoms with van der Waals surface area (Å²) >= 11 is 6.06. The fourth-order valence-electron chi connectivity index (χ4n) is 4.64. The molecule has 0 saturated carbocycles. The van der Waals surface area contributed by atoms with Crippen molar-refractivity contribution >= 4 is 23.2 Å². The number of hydrogen-bond donors (Lipinski definition) is 2. The van der Waals surface area contributed by atoms with Crippen LogP contribution in [0.2, 0.25) is 5.02 Å². The maximum absolute atomic E-state index is 15.0. The molecule has 5 rings (SSSR count). The number of amides is 1. The van der Waals surface area contributed by atoms with Crippen molar-refractivity contribution in [3.05, 3.63) is 100 Å². The molecule has 2 saturated heterocycles. The molecule has 0 aliphatic carbocycles. The Morgan fingerprint density at radius 3 is 2.27 bits per heavy atom. The van der Waals surface area contributed by atoms with Gasteiger partial charge in [-0.3, -0.25) is 4.79 Å². The monoisotopic (exact) mass is 421 g/mol. The average Bonchev–Trinajstić information content (AvgIpc) is 3.29. The molecule has 2 aliphatic rings. The lowest BCUT2D eigenvalue weighted by Crippen LogP contribution is -2.41. The van der Waals surface area contributed by atoms with Crippen molar-refractivity contribution < 1.29 is 9.18 Å². The minimum Gasteiger partial charge on any atom is -0.303 e. The Hall–Kier alpha value is -2.73. The molecule has 3 aromatic rings. The first kappa shape index (κ1) is 19.2. The van der Waals surface area contributed by atoms with Crippen LogP contribution < -0.4 is 15.8 Å². The molecule has 152 valence electrons. The van der Waals surface area contributed by atoms with Gasteiger partial charge >= 0.3 is 0 Å². The van der Waals surface area contributed by atoms with Gasteiger partial charge in [0, 0.05) is 22.2 Å². The number of nitrogens with zero attached hydrogens (tertiary/aromatic N) is 1. The highest BCUT2D eigenvalue weighted by atomic mass is 35.5. The van der Waals surface area contributed by atoms with E-state index in [4.69, 9.17) is 11.6 Å². The van der Waals surface area contributed by atoms with E-state index in [1.54, 1.807) is 29.2 Å². The minimum atomic E-state index is -0.461. The lowest BCUT2D eigenvalue weighted by atomic mass is 9.83. The van der Waals surface area contributed by atoms with Crippen molar-refractivity contribution in [1.82, 2.24) is 10.9 Å². The van der Waals surface area contributed by atoms with E-state index in [1.807, 2.05) is 25.1 Å². The maximum atomic E-state index is 15.0. The summed E-state index contributed by atoms with van der Waals surface area (Å²) in [7, 11) is 0. The van der Waals surface area contributed by atoms with Crippen LogP contribution in [0.4, 0.5) is 10.1 Å². The number of benzene rings is 3. The van der Waals surface area contributed by atoms with Gasteiger partial charge in [0.2, 0.25) is 5.91 Å². The number of carbonyl (C=O) groups excluding carboxylic acids is 1. The zero-order valence-corrected chi connectivity index (χ0v) is 17.1. The number of hydrazine groups is 1. The summed E-state index contributed by atoms with van der Waals surface area (Å²) in [5.74, 6) is -0.588. The number of hydrogen-bond acceptors (Lipinski definition) is 3. The molecular formula is C24H21ClFN3O. The van der Waals surface area contributed by atoms with Crippen LogP contribution in [0.1, 0.15) is 28.8 Å². The molecule has 2 aliphatic heterocycles. The Balaban J connectivity index is 1.64. The van der Waals surface area contributed by atoms with Crippen LogP contribution >= 0.6 is 11.6 Å². The fourth-order valence-corrected chi connectivity index (χ4v) is 4.77. The van der Waals surface area contributed by atoms with Gasteiger partial charge in [-0.05, 0) is 42.8 Å². The third-order valence-corrected chi connectivity index (χ3v) is 6.33. The van der Waals surface area contributed by atoms with Crippen molar-refractivity contribution in [3.8, 4) is 0 Å². The van der Waals surface area contributed by atoms with Gasteiger partial charge in [0.15, 0.2) is 0 Å². The minimum absolute atomic E-state index is 0.0855. The molecule has 1 amide bonds. The van der Waals surface area contributed by atoms with Gasteiger partial charge < -0.3 is 4.90 Å². The molecule has 30 heavy (non-hydrogen) atoms. The molecule has 4 nitrogen and oxygen atoms in total. The number of rotatable bonds is 3. The van der Waals surface area contributed by atoms with Crippen LogP contribution in [0.15, 0.2) is 72.8 Å². The highest BCUT2D eigenvalue weighted by Gasteiger charge is 2.56. The van der Waals surface area contributed by atoms with Crippen molar-refractivity contribution in [2.45, 2.75) is 25.0 Å². The molecular weight excluding hydrogens is 401 g/mol. The number of nitrogens with one attached hydrogen (secondary N) is 2. The Labute approximate surface area is 179 Å². The van der Waals surface area contributed by atoms with E-state index >= 15 is 0 Å². The van der Waals surface area contributed by atoms with Crippen molar-refractivity contribution in [2.75, 3.05) is 4.90 Å². The Morgan fingerprint density at radius 1 is 0.900 bits per heavy atom. The molecule has 3 aromatic carbocycles. The molecule has 2 fully saturated rings. The fraction of sp³-hybridized carbons (Fsp3) is 0.208.